The Morgan fingerprint density at radius 1 is 1.14 bits per heavy atom. The molecular weight excluding hydrogens is 284 g/mol. The maximum Gasteiger partial charge on any atom is 0.269 e. The molecule has 0 amide bonds. The first-order chi connectivity index (χ1) is 10.7. The van der Waals surface area contributed by atoms with Crippen LogP contribution in [0.1, 0.15) is 5.56 Å². The molecular formula is C16H18N2O4. The van der Waals surface area contributed by atoms with E-state index in [0.29, 0.717) is 31.2 Å². The molecule has 0 bridgehead atoms. The molecule has 22 heavy (non-hydrogen) atoms. The lowest BCUT2D eigenvalue weighted by atomic mass is 10.2. The normalized spacial score (nSPS) is 10.2. The molecule has 1 N–H and O–H groups in total. The fourth-order valence-electron chi connectivity index (χ4n) is 1.98. The number of hydrogen-bond acceptors (Lipinski definition) is 5. The molecule has 116 valence electrons. The van der Waals surface area contributed by atoms with Gasteiger partial charge in [-0.2, -0.15) is 0 Å². The molecule has 2 aromatic carbocycles. The second-order valence-electron chi connectivity index (χ2n) is 4.60. The van der Waals surface area contributed by atoms with Crippen molar-refractivity contribution in [1.82, 2.24) is 5.32 Å². The van der Waals surface area contributed by atoms with Crippen LogP contribution in [0.3, 0.4) is 0 Å². The van der Waals surface area contributed by atoms with Crippen LogP contribution in [0.4, 0.5) is 5.69 Å². The van der Waals surface area contributed by atoms with E-state index in [4.69, 9.17) is 9.47 Å². The summed E-state index contributed by atoms with van der Waals surface area (Å²) in [4.78, 5) is 10.3. The molecule has 2 aromatic rings. The fourth-order valence-corrected chi connectivity index (χ4v) is 1.98. The molecule has 0 aliphatic carbocycles. The van der Waals surface area contributed by atoms with Gasteiger partial charge in [-0.25, -0.2) is 0 Å². The largest absolute Gasteiger partial charge is 0.493 e. The number of benzene rings is 2. The van der Waals surface area contributed by atoms with Crippen LogP contribution in [0.5, 0.6) is 11.5 Å². The number of nitrogens with one attached hydrogen (secondary N) is 1. The zero-order chi connectivity index (χ0) is 15.8. The molecule has 6 nitrogen and oxygen atoms in total. The second-order valence-corrected chi connectivity index (χ2v) is 4.60. The number of nitrogens with zero attached hydrogens (tertiary/aromatic N) is 1. The highest BCUT2D eigenvalue weighted by atomic mass is 16.6. The molecule has 0 heterocycles. The van der Waals surface area contributed by atoms with Crippen molar-refractivity contribution in [3.05, 3.63) is 64.2 Å². The summed E-state index contributed by atoms with van der Waals surface area (Å²) in [6.45, 7) is 1.66. The number of ether oxygens (including phenoxy) is 2. The highest BCUT2D eigenvalue weighted by Crippen LogP contribution is 2.25. The van der Waals surface area contributed by atoms with E-state index in [1.54, 1.807) is 19.2 Å². The van der Waals surface area contributed by atoms with Crippen LogP contribution in [0, 0.1) is 10.1 Å². The van der Waals surface area contributed by atoms with E-state index in [-0.39, 0.29) is 5.69 Å². The van der Waals surface area contributed by atoms with Gasteiger partial charge in [-0.1, -0.05) is 24.3 Å². The highest BCUT2D eigenvalue weighted by Gasteiger charge is 2.05. The van der Waals surface area contributed by atoms with Crippen LogP contribution in [-0.2, 0) is 6.54 Å². The molecule has 0 radical (unpaired) electrons. The Labute approximate surface area is 128 Å². The first-order valence-corrected chi connectivity index (χ1v) is 6.90. The van der Waals surface area contributed by atoms with Gasteiger partial charge < -0.3 is 14.8 Å². The SMILES string of the molecule is COc1ccccc1OCCNCc1cccc([N+](=O)[O-])c1. The summed E-state index contributed by atoms with van der Waals surface area (Å²) < 4.78 is 10.8. The van der Waals surface area contributed by atoms with Crippen molar-refractivity contribution < 1.29 is 14.4 Å². The first-order valence-electron chi connectivity index (χ1n) is 6.90. The summed E-state index contributed by atoms with van der Waals surface area (Å²) in [7, 11) is 1.60. The van der Waals surface area contributed by atoms with E-state index in [1.807, 2.05) is 30.3 Å². The Kier molecular flexibility index (Phi) is 5.73. The number of nitro groups is 1. The van der Waals surface area contributed by atoms with Gasteiger partial charge in [0.25, 0.3) is 5.69 Å². The van der Waals surface area contributed by atoms with Crippen LogP contribution in [0.25, 0.3) is 0 Å². The molecule has 0 atom stereocenters. The number of hydrogen-bond donors (Lipinski definition) is 1. The van der Waals surface area contributed by atoms with E-state index >= 15 is 0 Å². The van der Waals surface area contributed by atoms with E-state index < -0.39 is 4.92 Å². The Hall–Kier alpha value is -2.60. The summed E-state index contributed by atoms with van der Waals surface area (Å²) >= 11 is 0. The van der Waals surface area contributed by atoms with Crippen molar-refractivity contribution in [2.24, 2.45) is 0 Å². The van der Waals surface area contributed by atoms with Crippen molar-refractivity contribution in [2.75, 3.05) is 20.3 Å². The summed E-state index contributed by atoms with van der Waals surface area (Å²) in [5.41, 5.74) is 0.969. The molecule has 0 saturated heterocycles. The molecule has 0 aliphatic heterocycles. The quantitative estimate of drug-likeness (QED) is 0.461. The monoisotopic (exact) mass is 302 g/mol. The number of rotatable bonds is 8. The molecule has 0 aromatic heterocycles. The maximum absolute atomic E-state index is 10.7. The van der Waals surface area contributed by atoms with Gasteiger partial charge >= 0.3 is 0 Å². The van der Waals surface area contributed by atoms with E-state index in [2.05, 4.69) is 5.32 Å². The smallest absolute Gasteiger partial charge is 0.269 e. The van der Waals surface area contributed by atoms with Crippen LogP contribution >= 0.6 is 0 Å². The maximum atomic E-state index is 10.7. The Balaban J connectivity index is 1.75. The van der Waals surface area contributed by atoms with E-state index in [1.165, 1.54) is 6.07 Å². The van der Waals surface area contributed by atoms with Gasteiger partial charge in [0, 0.05) is 25.2 Å². The average Bonchev–Trinajstić information content (AvgIpc) is 2.55. The van der Waals surface area contributed by atoms with Gasteiger partial charge in [-0.15, -0.1) is 0 Å². The van der Waals surface area contributed by atoms with Crippen molar-refractivity contribution in [2.45, 2.75) is 6.54 Å². The van der Waals surface area contributed by atoms with E-state index in [9.17, 15) is 10.1 Å². The van der Waals surface area contributed by atoms with Crippen LogP contribution in [0.2, 0.25) is 0 Å². The number of methoxy groups -OCH3 is 1. The summed E-state index contributed by atoms with van der Waals surface area (Å²) in [5.74, 6) is 1.39. The number of nitro benzene ring substituents is 1. The lowest BCUT2D eigenvalue weighted by Crippen LogP contribution is -2.20. The Morgan fingerprint density at radius 2 is 1.91 bits per heavy atom. The van der Waals surface area contributed by atoms with Crippen LogP contribution in [-0.4, -0.2) is 25.2 Å². The topological polar surface area (TPSA) is 73.6 Å². The third-order valence-corrected chi connectivity index (χ3v) is 3.06. The van der Waals surface area contributed by atoms with Gasteiger partial charge in [-0.05, 0) is 17.7 Å². The lowest BCUT2D eigenvalue weighted by Gasteiger charge is -2.10. The summed E-state index contributed by atoms with van der Waals surface area (Å²) in [6, 6.07) is 14.0. The van der Waals surface area contributed by atoms with Gasteiger partial charge in [0.05, 0.1) is 12.0 Å². The molecule has 2 rings (SSSR count). The van der Waals surface area contributed by atoms with Crippen molar-refractivity contribution >= 4 is 5.69 Å². The zero-order valence-electron chi connectivity index (χ0n) is 12.3. The van der Waals surface area contributed by atoms with Crippen molar-refractivity contribution in [3.63, 3.8) is 0 Å². The predicted molar refractivity (Wildman–Crippen MR) is 83.3 cm³/mol. The van der Waals surface area contributed by atoms with Crippen LogP contribution in [0.15, 0.2) is 48.5 Å². The summed E-state index contributed by atoms with van der Waals surface area (Å²) in [6.07, 6.45) is 0. The third-order valence-electron chi connectivity index (χ3n) is 3.06. The lowest BCUT2D eigenvalue weighted by molar-refractivity contribution is -0.384. The Bertz CT molecular complexity index is 631. The van der Waals surface area contributed by atoms with Crippen molar-refractivity contribution in [1.29, 1.82) is 0 Å². The minimum absolute atomic E-state index is 0.101. The molecule has 0 saturated carbocycles. The Morgan fingerprint density at radius 3 is 2.64 bits per heavy atom. The second kappa shape index (κ2) is 7.99. The fraction of sp³-hybridized carbons (Fsp3) is 0.250. The number of non-ortho nitro benzene ring substituents is 1. The van der Waals surface area contributed by atoms with Crippen molar-refractivity contribution in [3.8, 4) is 11.5 Å². The third kappa shape index (κ3) is 4.46. The molecule has 0 spiro atoms. The molecule has 6 heteroatoms. The van der Waals surface area contributed by atoms with E-state index in [0.717, 1.165) is 5.56 Å². The molecule has 0 fully saturated rings. The summed E-state index contributed by atoms with van der Waals surface area (Å²) in [5, 5.41) is 13.9. The van der Waals surface area contributed by atoms with Gasteiger partial charge in [0.2, 0.25) is 0 Å². The van der Waals surface area contributed by atoms with Gasteiger partial charge in [-0.3, -0.25) is 10.1 Å². The number of para-hydroxylation sites is 2. The first kappa shape index (κ1) is 15.8. The minimum atomic E-state index is -0.395. The standard InChI is InChI=1S/C16H18N2O4/c1-21-15-7-2-3-8-16(15)22-10-9-17-12-13-5-4-6-14(11-13)18(19)20/h2-8,11,17H,9-10,12H2,1H3. The predicted octanol–water partition coefficient (Wildman–Crippen LogP) is 2.77. The molecule has 0 unspecified atom stereocenters. The molecule has 0 aliphatic rings. The average molecular weight is 302 g/mol. The van der Waals surface area contributed by atoms with Gasteiger partial charge in [0.1, 0.15) is 6.61 Å². The van der Waals surface area contributed by atoms with Gasteiger partial charge in [0.15, 0.2) is 11.5 Å². The minimum Gasteiger partial charge on any atom is -0.493 e. The zero-order valence-corrected chi connectivity index (χ0v) is 12.3. The van der Waals surface area contributed by atoms with Crippen LogP contribution < -0.4 is 14.8 Å². The highest BCUT2D eigenvalue weighted by molar-refractivity contribution is 5.39.